The van der Waals surface area contributed by atoms with Crippen LogP contribution in [0.5, 0.6) is 0 Å². The first-order valence-electron chi connectivity index (χ1n) is 6.03. The topological polar surface area (TPSA) is 112 Å². The molecular weight excluding hydrogens is 262 g/mol. The lowest BCUT2D eigenvalue weighted by atomic mass is 10.2. The largest absolute Gasteiger partial charge is 0.372 e. The van der Waals surface area contributed by atoms with E-state index < -0.39 is 4.92 Å². The lowest BCUT2D eigenvalue weighted by Crippen LogP contribution is -2.32. The molecular formula is C12H15N5O3. The summed E-state index contributed by atoms with van der Waals surface area (Å²) in [4.78, 5) is 27.8. The van der Waals surface area contributed by atoms with Gasteiger partial charge in [-0.1, -0.05) is 0 Å². The van der Waals surface area contributed by atoms with E-state index in [-0.39, 0.29) is 35.9 Å². The molecule has 0 aliphatic carbocycles. The molecule has 0 aliphatic heterocycles. The van der Waals surface area contributed by atoms with Gasteiger partial charge in [0, 0.05) is 26.2 Å². The maximum absolute atomic E-state index is 12.4. The van der Waals surface area contributed by atoms with Crippen molar-refractivity contribution in [3.8, 4) is 6.07 Å². The molecule has 1 aromatic rings. The number of nitriles is 1. The minimum Gasteiger partial charge on any atom is -0.372 e. The summed E-state index contributed by atoms with van der Waals surface area (Å²) in [6, 6.07) is 3.15. The summed E-state index contributed by atoms with van der Waals surface area (Å²) in [6.45, 7) is 2.46. The summed E-state index contributed by atoms with van der Waals surface area (Å²) in [6.07, 6.45) is 1.30. The molecule has 8 heteroatoms. The van der Waals surface area contributed by atoms with Crippen LogP contribution in [0.25, 0.3) is 0 Å². The number of carbonyl (C=O) groups excluding carboxylic acids is 1. The average molecular weight is 277 g/mol. The van der Waals surface area contributed by atoms with E-state index in [9.17, 15) is 14.9 Å². The van der Waals surface area contributed by atoms with E-state index in [4.69, 9.17) is 5.26 Å². The zero-order chi connectivity index (χ0) is 15.1. The van der Waals surface area contributed by atoms with Crippen LogP contribution in [-0.2, 0) is 0 Å². The molecule has 1 N–H and O–H groups in total. The number of hydrogen-bond acceptors (Lipinski definition) is 6. The number of carbonyl (C=O) groups is 1. The molecule has 0 aliphatic rings. The highest BCUT2D eigenvalue weighted by atomic mass is 16.6. The predicted octanol–water partition coefficient (Wildman–Crippen LogP) is 1.41. The summed E-state index contributed by atoms with van der Waals surface area (Å²) in [5, 5.41) is 22.1. The Hall–Kier alpha value is -2.69. The molecule has 0 spiro atoms. The van der Waals surface area contributed by atoms with Gasteiger partial charge in [-0.25, -0.2) is 4.98 Å². The fourth-order valence-electron chi connectivity index (χ4n) is 1.67. The molecule has 8 nitrogen and oxygen atoms in total. The molecule has 0 radical (unpaired) electrons. The molecule has 0 saturated carbocycles. The van der Waals surface area contributed by atoms with Crippen LogP contribution in [0.1, 0.15) is 23.7 Å². The van der Waals surface area contributed by atoms with E-state index in [1.165, 1.54) is 11.0 Å². The number of anilines is 1. The van der Waals surface area contributed by atoms with Gasteiger partial charge >= 0.3 is 0 Å². The molecule has 1 heterocycles. The molecule has 20 heavy (non-hydrogen) atoms. The average Bonchev–Trinajstić information content (AvgIpc) is 2.46. The second-order valence-corrected chi connectivity index (χ2v) is 3.89. The van der Waals surface area contributed by atoms with E-state index in [0.717, 1.165) is 6.20 Å². The molecule has 0 atom stereocenters. The first-order valence-corrected chi connectivity index (χ1v) is 6.03. The number of pyridine rings is 1. The SMILES string of the molecule is CCN(CCC#N)C(=O)c1cc([N+](=O)[O-])cnc1NC. The van der Waals surface area contributed by atoms with Crippen molar-refractivity contribution in [2.45, 2.75) is 13.3 Å². The number of nitro groups is 1. The van der Waals surface area contributed by atoms with Crippen LogP contribution in [0.4, 0.5) is 11.5 Å². The first kappa shape index (κ1) is 15.4. The van der Waals surface area contributed by atoms with Crippen LogP contribution < -0.4 is 5.32 Å². The Balaban J connectivity index is 3.14. The van der Waals surface area contributed by atoms with E-state index >= 15 is 0 Å². The fraction of sp³-hybridized carbons (Fsp3) is 0.417. The van der Waals surface area contributed by atoms with Crippen LogP contribution in [0.15, 0.2) is 12.3 Å². The Bertz CT molecular complexity index is 553. The number of rotatable bonds is 6. The van der Waals surface area contributed by atoms with Gasteiger partial charge in [-0.15, -0.1) is 0 Å². The van der Waals surface area contributed by atoms with Gasteiger partial charge in [-0.05, 0) is 6.92 Å². The highest BCUT2D eigenvalue weighted by Crippen LogP contribution is 2.20. The van der Waals surface area contributed by atoms with Gasteiger partial charge < -0.3 is 10.2 Å². The molecule has 0 aromatic carbocycles. The van der Waals surface area contributed by atoms with Crippen molar-refractivity contribution in [1.82, 2.24) is 9.88 Å². The number of nitrogens with zero attached hydrogens (tertiary/aromatic N) is 4. The van der Waals surface area contributed by atoms with Crippen molar-refractivity contribution in [2.24, 2.45) is 0 Å². The van der Waals surface area contributed by atoms with Gasteiger partial charge in [0.05, 0.1) is 23.0 Å². The first-order chi connectivity index (χ1) is 9.54. The van der Waals surface area contributed by atoms with Gasteiger partial charge in [0.15, 0.2) is 0 Å². The third-order valence-corrected chi connectivity index (χ3v) is 2.71. The van der Waals surface area contributed by atoms with Crippen molar-refractivity contribution < 1.29 is 9.72 Å². The Morgan fingerprint density at radius 2 is 2.35 bits per heavy atom. The number of hydrogen-bond donors (Lipinski definition) is 1. The lowest BCUT2D eigenvalue weighted by Gasteiger charge is -2.20. The van der Waals surface area contributed by atoms with E-state index in [2.05, 4.69) is 10.3 Å². The Morgan fingerprint density at radius 1 is 1.65 bits per heavy atom. The minimum absolute atomic E-state index is 0.126. The zero-order valence-corrected chi connectivity index (χ0v) is 11.3. The van der Waals surface area contributed by atoms with Crippen LogP contribution in [0.2, 0.25) is 0 Å². The third-order valence-electron chi connectivity index (χ3n) is 2.71. The van der Waals surface area contributed by atoms with Crippen molar-refractivity contribution in [3.05, 3.63) is 27.9 Å². The Labute approximate surface area is 116 Å². The van der Waals surface area contributed by atoms with Crippen molar-refractivity contribution >= 4 is 17.4 Å². The fourth-order valence-corrected chi connectivity index (χ4v) is 1.67. The van der Waals surface area contributed by atoms with Gasteiger partial charge in [0.2, 0.25) is 0 Å². The molecule has 0 fully saturated rings. The van der Waals surface area contributed by atoms with Crippen LogP contribution in [0.3, 0.4) is 0 Å². The summed E-state index contributed by atoms with van der Waals surface area (Å²) in [5.74, 6) is -0.112. The Kier molecular flexibility index (Phi) is 5.41. The minimum atomic E-state index is -0.602. The van der Waals surface area contributed by atoms with E-state index in [1.54, 1.807) is 14.0 Å². The lowest BCUT2D eigenvalue weighted by molar-refractivity contribution is -0.385. The smallest absolute Gasteiger partial charge is 0.288 e. The monoisotopic (exact) mass is 277 g/mol. The van der Waals surface area contributed by atoms with E-state index in [1.807, 2.05) is 6.07 Å². The maximum atomic E-state index is 12.4. The van der Waals surface area contributed by atoms with Crippen molar-refractivity contribution in [2.75, 3.05) is 25.5 Å². The Morgan fingerprint density at radius 3 is 2.85 bits per heavy atom. The van der Waals surface area contributed by atoms with Crippen LogP contribution >= 0.6 is 0 Å². The van der Waals surface area contributed by atoms with Gasteiger partial charge in [-0.3, -0.25) is 14.9 Å². The molecule has 0 bridgehead atoms. The van der Waals surface area contributed by atoms with Gasteiger partial charge in [0.1, 0.15) is 12.0 Å². The second-order valence-electron chi connectivity index (χ2n) is 3.89. The summed E-state index contributed by atoms with van der Waals surface area (Å²) in [5.41, 5.74) is -0.120. The van der Waals surface area contributed by atoms with Gasteiger partial charge in [0.25, 0.3) is 11.6 Å². The molecule has 106 valence electrons. The molecule has 0 unspecified atom stereocenters. The number of nitrogens with one attached hydrogen (secondary N) is 1. The van der Waals surface area contributed by atoms with Gasteiger partial charge in [-0.2, -0.15) is 5.26 Å². The second kappa shape index (κ2) is 7.04. The normalized spacial score (nSPS) is 9.65. The molecule has 1 aromatic heterocycles. The molecule has 1 amide bonds. The number of aromatic nitrogens is 1. The van der Waals surface area contributed by atoms with Crippen molar-refractivity contribution in [3.63, 3.8) is 0 Å². The van der Waals surface area contributed by atoms with Crippen LogP contribution in [0, 0.1) is 21.4 Å². The maximum Gasteiger partial charge on any atom is 0.288 e. The highest BCUT2D eigenvalue weighted by molar-refractivity contribution is 5.99. The number of amides is 1. The third kappa shape index (κ3) is 3.41. The van der Waals surface area contributed by atoms with Crippen LogP contribution in [-0.4, -0.2) is 40.9 Å². The highest BCUT2D eigenvalue weighted by Gasteiger charge is 2.21. The zero-order valence-electron chi connectivity index (χ0n) is 11.3. The molecule has 1 rings (SSSR count). The molecule has 0 saturated heterocycles. The standard InChI is InChI=1S/C12H15N5O3/c1-3-16(6-4-5-13)12(18)10-7-9(17(19)20)8-15-11(10)14-2/h7-8H,3-4,6H2,1-2H3,(H,14,15). The summed E-state index contributed by atoms with van der Waals surface area (Å²) < 4.78 is 0. The van der Waals surface area contributed by atoms with Crippen molar-refractivity contribution in [1.29, 1.82) is 5.26 Å². The summed E-state index contributed by atoms with van der Waals surface area (Å²) >= 11 is 0. The van der Waals surface area contributed by atoms with E-state index in [0.29, 0.717) is 6.54 Å². The quantitative estimate of drug-likeness (QED) is 0.621. The predicted molar refractivity (Wildman–Crippen MR) is 72.2 cm³/mol. The summed E-state index contributed by atoms with van der Waals surface area (Å²) in [7, 11) is 1.58.